The molecule has 0 saturated heterocycles. The van der Waals surface area contributed by atoms with Gasteiger partial charge in [0.2, 0.25) is 5.91 Å². The smallest absolute Gasteiger partial charge is 0.262 e. The lowest BCUT2D eigenvalue weighted by atomic mass is 10.0. The summed E-state index contributed by atoms with van der Waals surface area (Å²) in [6, 6.07) is 18.5. The van der Waals surface area contributed by atoms with Crippen molar-refractivity contribution in [2.45, 2.75) is 13.0 Å². The number of fused-ring (bicyclic) bond motifs is 1. The van der Waals surface area contributed by atoms with E-state index in [4.69, 9.17) is 11.6 Å². The zero-order valence-electron chi connectivity index (χ0n) is 16.5. The molecule has 3 amide bonds. The van der Waals surface area contributed by atoms with E-state index in [2.05, 4.69) is 5.32 Å². The van der Waals surface area contributed by atoms with Crippen molar-refractivity contribution in [3.63, 3.8) is 0 Å². The molecule has 0 aliphatic carbocycles. The Kier molecular flexibility index (Phi) is 5.40. The van der Waals surface area contributed by atoms with Gasteiger partial charge in [0.25, 0.3) is 11.8 Å². The van der Waals surface area contributed by atoms with Gasteiger partial charge < -0.3 is 5.32 Å². The summed E-state index contributed by atoms with van der Waals surface area (Å²) in [7, 11) is 0. The summed E-state index contributed by atoms with van der Waals surface area (Å²) in [4.78, 5) is 52.1. The van der Waals surface area contributed by atoms with Gasteiger partial charge in [0, 0.05) is 16.1 Å². The van der Waals surface area contributed by atoms with Crippen LogP contribution in [-0.4, -0.2) is 34.4 Å². The maximum atomic E-state index is 13.0. The van der Waals surface area contributed by atoms with Crippen LogP contribution < -0.4 is 5.32 Å². The van der Waals surface area contributed by atoms with Crippen molar-refractivity contribution in [1.82, 2.24) is 4.90 Å². The Bertz CT molecular complexity index is 1190. The van der Waals surface area contributed by atoms with E-state index in [1.807, 2.05) is 0 Å². The van der Waals surface area contributed by atoms with Gasteiger partial charge in [0.05, 0.1) is 16.8 Å². The van der Waals surface area contributed by atoms with Crippen molar-refractivity contribution in [3.05, 3.63) is 100 Å². The van der Waals surface area contributed by atoms with Crippen molar-refractivity contribution in [2.24, 2.45) is 0 Å². The Morgan fingerprint density at radius 1 is 0.871 bits per heavy atom. The number of amides is 3. The quantitative estimate of drug-likeness (QED) is 0.484. The number of hydrogen-bond donors (Lipinski definition) is 1. The number of imide groups is 1. The minimum atomic E-state index is -1.08. The maximum absolute atomic E-state index is 13.0. The SMILES string of the molecule is CC(C(=O)Nc1ccc(Cl)cc1C(=O)c1ccccc1)N1C(=O)c2ccccc2C1=O. The number of carbonyl (C=O) groups excluding carboxylic acids is 4. The van der Waals surface area contributed by atoms with E-state index in [9.17, 15) is 19.2 Å². The number of rotatable bonds is 5. The molecule has 0 spiro atoms. The summed E-state index contributed by atoms with van der Waals surface area (Å²) in [6.07, 6.45) is 0. The normalized spacial score (nSPS) is 13.7. The molecule has 1 aliphatic rings. The van der Waals surface area contributed by atoms with Gasteiger partial charge >= 0.3 is 0 Å². The molecule has 31 heavy (non-hydrogen) atoms. The Morgan fingerprint density at radius 2 is 1.45 bits per heavy atom. The minimum absolute atomic E-state index is 0.210. The van der Waals surface area contributed by atoms with Crippen molar-refractivity contribution in [2.75, 3.05) is 5.32 Å². The largest absolute Gasteiger partial charge is 0.324 e. The maximum Gasteiger partial charge on any atom is 0.262 e. The average molecular weight is 433 g/mol. The summed E-state index contributed by atoms with van der Waals surface area (Å²) in [5.74, 6) is -1.97. The molecule has 1 N–H and O–H groups in total. The van der Waals surface area contributed by atoms with Crippen LogP contribution in [0.15, 0.2) is 72.8 Å². The fourth-order valence-corrected chi connectivity index (χ4v) is 3.64. The summed E-state index contributed by atoms with van der Waals surface area (Å²) in [5, 5.41) is 3.01. The molecule has 3 aromatic rings. The van der Waals surface area contributed by atoms with Crippen molar-refractivity contribution >= 4 is 40.8 Å². The second kappa shape index (κ2) is 8.16. The second-order valence-electron chi connectivity index (χ2n) is 7.08. The molecule has 4 rings (SSSR count). The van der Waals surface area contributed by atoms with Gasteiger partial charge in [0.1, 0.15) is 6.04 Å². The van der Waals surface area contributed by atoms with E-state index in [1.54, 1.807) is 60.7 Å². The first kappa shape index (κ1) is 20.5. The minimum Gasteiger partial charge on any atom is -0.324 e. The van der Waals surface area contributed by atoms with Gasteiger partial charge in [-0.2, -0.15) is 0 Å². The molecule has 154 valence electrons. The number of benzene rings is 3. The van der Waals surface area contributed by atoms with Crippen LogP contribution in [0.5, 0.6) is 0 Å². The van der Waals surface area contributed by atoms with Crippen LogP contribution >= 0.6 is 11.6 Å². The van der Waals surface area contributed by atoms with Gasteiger partial charge in [-0.15, -0.1) is 0 Å². The van der Waals surface area contributed by atoms with Crippen LogP contribution in [-0.2, 0) is 4.79 Å². The van der Waals surface area contributed by atoms with E-state index in [0.29, 0.717) is 10.6 Å². The number of nitrogens with one attached hydrogen (secondary N) is 1. The van der Waals surface area contributed by atoms with Crippen LogP contribution in [0.25, 0.3) is 0 Å². The van der Waals surface area contributed by atoms with Crippen LogP contribution in [0.2, 0.25) is 5.02 Å². The van der Waals surface area contributed by atoms with Gasteiger partial charge in [0.15, 0.2) is 5.78 Å². The Morgan fingerprint density at radius 3 is 2.06 bits per heavy atom. The summed E-state index contributed by atoms with van der Waals surface area (Å²) < 4.78 is 0. The number of nitrogens with zero attached hydrogens (tertiary/aromatic N) is 1. The Labute approximate surface area is 183 Å². The standard InChI is InChI=1S/C24H17ClN2O4/c1-14(27-23(30)17-9-5-6-10-18(17)24(27)31)22(29)26-20-12-11-16(25)13-19(20)21(28)15-7-3-2-4-8-15/h2-14H,1H3,(H,26,29). The molecule has 0 aromatic heterocycles. The lowest BCUT2D eigenvalue weighted by molar-refractivity contribution is -0.119. The molecule has 0 saturated carbocycles. The van der Waals surface area contributed by atoms with Crippen LogP contribution in [0.4, 0.5) is 5.69 Å². The van der Waals surface area contributed by atoms with E-state index < -0.39 is 23.8 Å². The van der Waals surface area contributed by atoms with Gasteiger partial charge in [-0.3, -0.25) is 24.1 Å². The Balaban J connectivity index is 1.60. The third-order valence-corrected chi connectivity index (χ3v) is 5.35. The number of anilines is 1. The predicted molar refractivity (Wildman–Crippen MR) is 116 cm³/mol. The lowest BCUT2D eigenvalue weighted by Crippen LogP contribution is -2.45. The molecule has 1 unspecified atom stereocenters. The number of carbonyl (C=O) groups is 4. The molecule has 0 radical (unpaired) electrons. The highest BCUT2D eigenvalue weighted by molar-refractivity contribution is 6.31. The van der Waals surface area contributed by atoms with Gasteiger partial charge in [-0.1, -0.05) is 54.1 Å². The number of halogens is 1. The van der Waals surface area contributed by atoms with E-state index in [-0.39, 0.29) is 28.2 Å². The molecular weight excluding hydrogens is 416 g/mol. The summed E-state index contributed by atoms with van der Waals surface area (Å²) in [5.41, 5.74) is 1.42. The monoisotopic (exact) mass is 432 g/mol. The van der Waals surface area contributed by atoms with Crippen molar-refractivity contribution in [1.29, 1.82) is 0 Å². The first-order valence-electron chi connectivity index (χ1n) is 9.55. The van der Waals surface area contributed by atoms with Crippen LogP contribution in [0.1, 0.15) is 43.6 Å². The Hall–Kier alpha value is -3.77. The van der Waals surface area contributed by atoms with E-state index in [1.165, 1.54) is 19.1 Å². The average Bonchev–Trinajstić information content (AvgIpc) is 3.04. The topological polar surface area (TPSA) is 83.6 Å². The lowest BCUT2D eigenvalue weighted by Gasteiger charge is -2.22. The van der Waals surface area contributed by atoms with Crippen molar-refractivity contribution < 1.29 is 19.2 Å². The molecule has 0 fully saturated rings. The molecular formula is C24H17ClN2O4. The molecule has 6 nitrogen and oxygen atoms in total. The first-order chi connectivity index (χ1) is 14.9. The first-order valence-corrected chi connectivity index (χ1v) is 9.93. The summed E-state index contributed by atoms with van der Waals surface area (Å²) in [6.45, 7) is 1.46. The molecule has 1 atom stereocenters. The third-order valence-electron chi connectivity index (χ3n) is 5.11. The highest BCUT2D eigenvalue weighted by atomic mass is 35.5. The van der Waals surface area contributed by atoms with Crippen LogP contribution in [0, 0.1) is 0 Å². The molecule has 1 aliphatic heterocycles. The molecule has 7 heteroatoms. The van der Waals surface area contributed by atoms with Crippen LogP contribution in [0.3, 0.4) is 0 Å². The zero-order chi connectivity index (χ0) is 22.1. The molecule has 3 aromatic carbocycles. The fourth-order valence-electron chi connectivity index (χ4n) is 3.47. The highest BCUT2D eigenvalue weighted by Crippen LogP contribution is 2.27. The molecule has 0 bridgehead atoms. The zero-order valence-corrected chi connectivity index (χ0v) is 17.2. The van der Waals surface area contributed by atoms with Gasteiger partial charge in [-0.25, -0.2) is 0 Å². The number of hydrogen-bond acceptors (Lipinski definition) is 4. The number of ketones is 1. The van der Waals surface area contributed by atoms with Gasteiger partial charge in [-0.05, 0) is 37.3 Å². The highest BCUT2D eigenvalue weighted by Gasteiger charge is 2.40. The van der Waals surface area contributed by atoms with Crippen molar-refractivity contribution in [3.8, 4) is 0 Å². The van der Waals surface area contributed by atoms with E-state index >= 15 is 0 Å². The summed E-state index contributed by atoms with van der Waals surface area (Å²) >= 11 is 6.08. The third kappa shape index (κ3) is 3.73. The van der Waals surface area contributed by atoms with E-state index in [0.717, 1.165) is 4.90 Å². The predicted octanol–water partition coefficient (Wildman–Crippen LogP) is 4.19. The molecule has 1 heterocycles. The fraction of sp³-hybridized carbons (Fsp3) is 0.0833. The second-order valence-corrected chi connectivity index (χ2v) is 7.51.